The number of nitrogens with one attached hydrogen (secondary N) is 1. The molecule has 2 aromatic heterocycles. The first kappa shape index (κ1) is 20.9. The standard InChI is InChI=1S/C24H26FN5O/c1-2-6-23(31)30-14-4-3-9-21(30)24-28-20(17-10-12-26-13-11-17)16-22(29-24)27-19-8-5-7-18(25)15-19/h5,7-8,10-13,15-16,21H,2-4,6,9,14H2,1H3,(H,27,28,29)/t21-/m1/s1. The Morgan fingerprint density at radius 1 is 1.16 bits per heavy atom. The molecule has 3 heterocycles. The maximum Gasteiger partial charge on any atom is 0.223 e. The first-order valence-electron chi connectivity index (χ1n) is 10.8. The zero-order valence-corrected chi connectivity index (χ0v) is 17.6. The number of rotatable bonds is 6. The number of carbonyl (C=O) groups is 1. The summed E-state index contributed by atoms with van der Waals surface area (Å²) in [4.78, 5) is 28.3. The van der Waals surface area contributed by atoms with Gasteiger partial charge in [0, 0.05) is 42.7 Å². The Hall–Kier alpha value is -3.35. The van der Waals surface area contributed by atoms with E-state index >= 15 is 0 Å². The molecule has 7 heteroatoms. The number of benzene rings is 1. The maximum atomic E-state index is 13.7. The highest BCUT2D eigenvalue weighted by Gasteiger charge is 2.30. The third kappa shape index (κ3) is 5.05. The largest absolute Gasteiger partial charge is 0.340 e. The smallest absolute Gasteiger partial charge is 0.223 e. The molecule has 1 N–H and O–H groups in total. The van der Waals surface area contributed by atoms with Crippen LogP contribution in [0.25, 0.3) is 11.3 Å². The lowest BCUT2D eigenvalue weighted by molar-refractivity contribution is -0.135. The van der Waals surface area contributed by atoms with Gasteiger partial charge in [0.1, 0.15) is 11.6 Å². The van der Waals surface area contributed by atoms with E-state index in [-0.39, 0.29) is 17.8 Å². The summed E-state index contributed by atoms with van der Waals surface area (Å²) in [5.74, 6) is 0.996. The number of pyridine rings is 1. The van der Waals surface area contributed by atoms with Crippen molar-refractivity contribution in [3.05, 3.63) is 66.5 Å². The molecule has 0 radical (unpaired) electrons. The van der Waals surface area contributed by atoms with Crippen LogP contribution < -0.4 is 5.32 Å². The highest BCUT2D eigenvalue weighted by molar-refractivity contribution is 5.76. The highest BCUT2D eigenvalue weighted by Crippen LogP contribution is 2.32. The van der Waals surface area contributed by atoms with E-state index in [1.165, 1.54) is 12.1 Å². The lowest BCUT2D eigenvalue weighted by Gasteiger charge is -2.35. The second kappa shape index (κ2) is 9.64. The van der Waals surface area contributed by atoms with Gasteiger partial charge in [-0.2, -0.15) is 0 Å². The Bertz CT molecular complexity index is 1040. The third-order valence-corrected chi connectivity index (χ3v) is 5.40. The van der Waals surface area contributed by atoms with Crippen LogP contribution in [0.15, 0.2) is 54.9 Å². The molecule has 0 unspecified atom stereocenters. The Kier molecular flexibility index (Phi) is 6.50. The van der Waals surface area contributed by atoms with E-state index in [1.807, 2.05) is 30.0 Å². The Morgan fingerprint density at radius 2 is 2.00 bits per heavy atom. The average Bonchev–Trinajstić information content (AvgIpc) is 2.80. The van der Waals surface area contributed by atoms with Crippen molar-refractivity contribution in [2.75, 3.05) is 11.9 Å². The fourth-order valence-electron chi connectivity index (χ4n) is 3.92. The van der Waals surface area contributed by atoms with E-state index < -0.39 is 0 Å². The van der Waals surface area contributed by atoms with Crippen LogP contribution in [0.4, 0.5) is 15.9 Å². The van der Waals surface area contributed by atoms with E-state index in [0.29, 0.717) is 23.8 Å². The van der Waals surface area contributed by atoms with Crippen LogP contribution in [0.5, 0.6) is 0 Å². The highest BCUT2D eigenvalue weighted by atomic mass is 19.1. The fraction of sp³-hybridized carbons (Fsp3) is 0.333. The number of anilines is 2. The van der Waals surface area contributed by atoms with Crippen molar-refractivity contribution >= 4 is 17.4 Å². The van der Waals surface area contributed by atoms with Gasteiger partial charge in [0.2, 0.25) is 5.91 Å². The van der Waals surface area contributed by atoms with Crippen LogP contribution in [0.2, 0.25) is 0 Å². The normalized spacial score (nSPS) is 16.2. The van der Waals surface area contributed by atoms with Crippen LogP contribution in [0.3, 0.4) is 0 Å². The SMILES string of the molecule is CCCC(=O)N1CCCC[C@@H]1c1nc(Nc2cccc(F)c2)cc(-c2ccncc2)n1. The molecule has 1 aromatic carbocycles. The average molecular weight is 420 g/mol. The lowest BCUT2D eigenvalue weighted by atomic mass is 10.00. The zero-order chi connectivity index (χ0) is 21.6. The molecule has 1 atom stereocenters. The minimum Gasteiger partial charge on any atom is -0.340 e. The molecule has 1 amide bonds. The second-order valence-electron chi connectivity index (χ2n) is 7.72. The number of likely N-dealkylation sites (tertiary alicyclic amines) is 1. The second-order valence-corrected chi connectivity index (χ2v) is 7.72. The van der Waals surface area contributed by atoms with Crippen molar-refractivity contribution in [3.8, 4) is 11.3 Å². The summed E-state index contributed by atoms with van der Waals surface area (Å²) < 4.78 is 13.7. The summed E-state index contributed by atoms with van der Waals surface area (Å²) in [5, 5.41) is 3.19. The number of piperidine rings is 1. The van der Waals surface area contributed by atoms with Crippen molar-refractivity contribution in [1.29, 1.82) is 0 Å². The van der Waals surface area contributed by atoms with Crippen LogP contribution in [0, 0.1) is 5.82 Å². The van der Waals surface area contributed by atoms with Crippen molar-refractivity contribution in [2.45, 2.75) is 45.1 Å². The maximum absolute atomic E-state index is 13.7. The molecular weight excluding hydrogens is 393 g/mol. The van der Waals surface area contributed by atoms with E-state index in [9.17, 15) is 9.18 Å². The van der Waals surface area contributed by atoms with Gasteiger partial charge in [0.25, 0.3) is 0 Å². The number of hydrogen-bond donors (Lipinski definition) is 1. The molecule has 6 nitrogen and oxygen atoms in total. The van der Waals surface area contributed by atoms with Gasteiger partial charge in [0.15, 0.2) is 5.82 Å². The summed E-state index contributed by atoms with van der Waals surface area (Å²) in [6, 6.07) is 11.7. The van der Waals surface area contributed by atoms with Gasteiger partial charge >= 0.3 is 0 Å². The van der Waals surface area contributed by atoms with Crippen molar-refractivity contribution in [1.82, 2.24) is 19.9 Å². The summed E-state index contributed by atoms with van der Waals surface area (Å²) in [5.41, 5.74) is 2.25. The van der Waals surface area contributed by atoms with E-state index in [1.54, 1.807) is 24.5 Å². The number of nitrogens with zero attached hydrogens (tertiary/aromatic N) is 4. The summed E-state index contributed by atoms with van der Waals surface area (Å²) in [7, 11) is 0. The number of aromatic nitrogens is 3. The molecule has 4 rings (SSSR count). The van der Waals surface area contributed by atoms with Crippen molar-refractivity contribution < 1.29 is 9.18 Å². The molecule has 3 aromatic rings. The predicted octanol–water partition coefficient (Wildman–Crippen LogP) is 5.28. The van der Waals surface area contributed by atoms with Gasteiger partial charge in [-0.3, -0.25) is 9.78 Å². The molecule has 1 aliphatic rings. The molecule has 0 spiro atoms. The van der Waals surface area contributed by atoms with Crippen molar-refractivity contribution in [3.63, 3.8) is 0 Å². The van der Waals surface area contributed by atoms with E-state index in [2.05, 4.69) is 10.3 Å². The molecule has 31 heavy (non-hydrogen) atoms. The lowest BCUT2D eigenvalue weighted by Crippen LogP contribution is -2.39. The minimum absolute atomic E-state index is 0.143. The van der Waals surface area contributed by atoms with Crippen LogP contribution >= 0.6 is 0 Å². The monoisotopic (exact) mass is 419 g/mol. The van der Waals surface area contributed by atoms with Gasteiger partial charge < -0.3 is 10.2 Å². The molecule has 0 aliphatic carbocycles. The minimum atomic E-state index is -0.322. The van der Waals surface area contributed by atoms with Crippen LogP contribution in [-0.2, 0) is 4.79 Å². The van der Waals surface area contributed by atoms with Gasteiger partial charge in [0.05, 0.1) is 11.7 Å². The third-order valence-electron chi connectivity index (χ3n) is 5.40. The van der Waals surface area contributed by atoms with Crippen LogP contribution in [-0.4, -0.2) is 32.3 Å². The first-order chi connectivity index (χ1) is 15.1. The quantitative estimate of drug-likeness (QED) is 0.589. The molecule has 1 fully saturated rings. The fourth-order valence-corrected chi connectivity index (χ4v) is 3.92. The predicted molar refractivity (Wildman–Crippen MR) is 118 cm³/mol. The zero-order valence-electron chi connectivity index (χ0n) is 17.6. The number of halogens is 1. The first-order valence-corrected chi connectivity index (χ1v) is 10.8. The number of hydrogen-bond acceptors (Lipinski definition) is 5. The molecule has 0 saturated carbocycles. The summed E-state index contributed by atoms with van der Waals surface area (Å²) in [6.45, 7) is 2.73. The van der Waals surface area contributed by atoms with Gasteiger partial charge in [-0.05, 0) is 56.0 Å². The topological polar surface area (TPSA) is 71.0 Å². The molecule has 160 valence electrons. The van der Waals surface area contributed by atoms with Crippen molar-refractivity contribution in [2.24, 2.45) is 0 Å². The Morgan fingerprint density at radius 3 is 2.77 bits per heavy atom. The van der Waals surface area contributed by atoms with Gasteiger partial charge in [-0.15, -0.1) is 0 Å². The molecular formula is C24H26FN5O. The summed E-state index contributed by atoms with van der Waals surface area (Å²) >= 11 is 0. The van der Waals surface area contributed by atoms with E-state index in [0.717, 1.165) is 43.5 Å². The van der Waals surface area contributed by atoms with Gasteiger partial charge in [-0.1, -0.05) is 13.0 Å². The van der Waals surface area contributed by atoms with E-state index in [4.69, 9.17) is 9.97 Å². The van der Waals surface area contributed by atoms with Gasteiger partial charge in [-0.25, -0.2) is 14.4 Å². The number of carbonyl (C=O) groups excluding carboxylic acids is 1. The molecule has 0 bridgehead atoms. The molecule has 1 saturated heterocycles. The Labute approximate surface area is 181 Å². The van der Waals surface area contributed by atoms with Crippen LogP contribution in [0.1, 0.15) is 50.9 Å². The molecule has 1 aliphatic heterocycles. The number of amides is 1. The summed E-state index contributed by atoms with van der Waals surface area (Å²) in [6.07, 6.45) is 7.61. The Balaban J connectivity index is 1.74.